The minimum absolute atomic E-state index is 0.0257. The van der Waals surface area contributed by atoms with Crippen molar-refractivity contribution in [2.24, 2.45) is 0 Å². The Morgan fingerprint density at radius 1 is 1.38 bits per heavy atom. The van der Waals surface area contributed by atoms with Gasteiger partial charge < -0.3 is 5.73 Å². The molecule has 1 aromatic heterocycles. The number of sulfonamides is 1. The van der Waals surface area contributed by atoms with Crippen molar-refractivity contribution in [1.82, 2.24) is 19.5 Å². The highest BCUT2D eigenvalue weighted by Crippen LogP contribution is 2.23. The summed E-state index contributed by atoms with van der Waals surface area (Å²) in [6, 6.07) is 2.20. The molecule has 21 heavy (non-hydrogen) atoms. The third-order valence-electron chi connectivity index (χ3n) is 3.07. The summed E-state index contributed by atoms with van der Waals surface area (Å²) in [5.74, 6) is 0.260. The van der Waals surface area contributed by atoms with E-state index >= 15 is 0 Å². The molecule has 3 N–H and O–H groups in total. The molecule has 0 bridgehead atoms. The molecule has 2 rings (SSSR count). The second-order valence-corrected chi connectivity index (χ2v) is 6.76. The molecule has 0 aliphatic rings. The Bertz CT molecular complexity index is 749. The van der Waals surface area contributed by atoms with Gasteiger partial charge in [-0.15, -0.1) is 0 Å². The Hall–Kier alpha value is -2.00. The predicted octanol–water partition coefficient (Wildman–Crippen LogP) is 0.964. The second-order valence-electron chi connectivity index (χ2n) is 4.72. The zero-order valence-corrected chi connectivity index (χ0v) is 12.7. The fourth-order valence-electron chi connectivity index (χ4n) is 1.75. The minimum Gasteiger partial charge on any atom is -0.398 e. The zero-order valence-electron chi connectivity index (χ0n) is 11.9. The van der Waals surface area contributed by atoms with Gasteiger partial charge in [-0.2, -0.15) is 9.40 Å². The number of halogens is 1. The van der Waals surface area contributed by atoms with Gasteiger partial charge in [-0.1, -0.05) is 0 Å². The lowest BCUT2D eigenvalue weighted by Gasteiger charge is -2.16. The number of aryl methyl sites for hydroxylation is 1. The molecule has 0 atom stereocenters. The van der Waals surface area contributed by atoms with Crippen LogP contribution in [0.1, 0.15) is 17.2 Å². The first-order chi connectivity index (χ1) is 9.71. The number of hydrogen-bond donors (Lipinski definition) is 2. The Labute approximate surface area is 122 Å². The Morgan fingerprint density at radius 2 is 2.05 bits per heavy atom. The summed E-state index contributed by atoms with van der Waals surface area (Å²) in [5.41, 5.74) is 5.94. The van der Waals surface area contributed by atoms with Crippen LogP contribution >= 0.6 is 0 Å². The number of benzene rings is 1. The van der Waals surface area contributed by atoms with Gasteiger partial charge in [0.15, 0.2) is 5.82 Å². The van der Waals surface area contributed by atoms with Crippen LogP contribution in [0.15, 0.2) is 17.0 Å². The lowest BCUT2D eigenvalue weighted by Crippen LogP contribution is -2.27. The molecular formula is C12H16FN5O2S. The summed E-state index contributed by atoms with van der Waals surface area (Å²) in [6.45, 7) is 3.17. The maximum atomic E-state index is 13.7. The number of aromatic amines is 1. The van der Waals surface area contributed by atoms with Crippen molar-refractivity contribution < 1.29 is 12.8 Å². The number of anilines is 1. The summed E-state index contributed by atoms with van der Waals surface area (Å²) in [4.78, 5) is 3.84. The van der Waals surface area contributed by atoms with Crippen molar-refractivity contribution in [2.45, 2.75) is 25.3 Å². The molecule has 0 aliphatic heterocycles. The minimum atomic E-state index is -3.87. The van der Waals surface area contributed by atoms with Gasteiger partial charge in [0.1, 0.15) is 11.6 Å². The summed E-state index contributed by atoms with van der Waals surface area (Å²) < 4.78 is 39.5. The predicted molar refractivity (Wildman–Crippen MR) is 75.3 cm³/mol. The first-order valence-corrected chi connectivity index (χ1v) is 7.55. The molecule has 1 aromatic carbocycles. The van der Waals surface area contributed by atoms with Crippen LogP contribution in [0.25, 0.3) is 0 Å². The first-order valence-electron chi connectivity index (χ1n) is 6.11. The molecule has 2 aromatic rings. The van der Waals surface area contributed by atoms with Crippen LogP contribution in [0.4, 0.5) is 10.1 Å². The second kappa shape index (κ2) is 5.41. The average Bonchev–Trinajstić information content (AvgIpc) is 2.80. The van der Waals surface area contributed by atoms with Crippen molar-refractivity contribution in [2.75, 3.05) is 12.8 Å². The number of aromatic nitrogens is 3. The summed E-state index contributed by atoms with van der Waals surface area (Å²) in [6.07, 6.45) is 0. The lowest BCUT2D eigenvalue weighted by atomic mass is 10.2. The molecule has 0 fully saturated rings. The van der Waals surface area contributed by atoms with E-state index in [1.807, 2.05) is 0 Å². The van der Waals surface area contributed by atoms with E-state index in [1.54, 1.807) is 6.92 Å². The molecule has 7 nitrogen and oxygen atoms in total. The van der Waals surface area contributed by atoms with E-state index in [0.717, 1.165) is 10.4 Å². The highest BCUT2D eigenvalue weighted by molar-refractivity contribution is 7.89. The van der Waals surface area contributed by atoms with E-state index in [0.29, 0.717) is 11.6 Å². The van der Waals surface area contributed by atoms with Gasteiger partial charge in [0.05, 0.1) is 11.4 Å². The number of nitrogens with two attached hydrogens (primary N) is 1. The van der Waals surface area contributed by atoms with Gasteiger partial charge in [0, 0.05) is 18.3 Å². The van der Waals surface area contributed by atoms with Gasteiger partial charge in [-0.3, -0.25) is 5.10 Å². The smallest absolute Gasteiger partial charge is 0.243 e. The number of nitrogens with zero attached hydrogens (tertiary/aromatic N) is 3. The quantitative estimate of drug-likeness (QED) is 0.818. The lowest BCUT2D eigenvalue weighted by molar-refractivity contribution is 0.456. The molecule has 114 valence electrons. The number of H-pyrrole nitrogens is 1. The number of hydrogen-bond acceptors (Lipinski definition) is 5. The molecule has 0 unspecified atom stereocenters. The maximum absolute atomic E-state index is 13.7. The molecule has 9 heteroatoms. The monoisotopic (exact) mass is 313 g/mol. The maximum Gasteiger partial charge on any atom is 0.243 e. The molecule has 0 amide bonds. The van der Waals surface area contributed by atoms with E-state index < -0.39 is 15.8 Å². The summed E-state index contributed by atoms with van der Waals surface area (Å²) >= 11 is 0. The molecule has 0 saturated heterocycles. The van der Waals surface area contributed by atoms with Crippen molar-refractivity contribution >= 4 is 15.7 Å². The van der Waals surface area contributed by atoms with E-state index in [4.69, 9.17) is 5.73 Å². The van der Waals surface area contributed by atoms with Gasteiger partial charge >= 0.3 is 0 Å². The number of nitrogen functional groups attached to an aromatic ring is 1. The molecule has 0 radical (unpaired) electrons. The van der Waals surface area contributed by atoms with E-state index in [-0.39, 0.29) is 22.7 Å². The SMILES string of the molecule is Cc1nc(CN(C)S(=O)(=O)c2cc(N)c(C)c(F)c2)n[nH]1. The van der Waals surface area contributed by atoms with Crippen LogP contribution < -0.4 is 5.73 Å². The highest BCUT2D eigenvalue weighted by atomic mass is 32.2. The standard InChI is InChI=1S/C12H16FN5O2S/c1-7-10(13)4-9(5-11(7)14)21(19,20)18(3)6-12-15-8(2)16-17-12/h4-5H,6,14H2,1-3H3,(H,15,16,17). The van der Waals surface area contributed by atoms with Crippen LogP contribution in [0, 0.1) is 19.7 Å². The Balaban J connectivity index is 2.33. The third kappa shape index (κ3) is 3.03. The van der Waals surface area contributed by atoms with Crippen molar-refractivity contribution in [1.29, 1.82) is 0 Å². The summed E-state index contributed by atoms with van der Waals surface area (Å²) in [7, 11) is -2.50. The fraction of sp³-hybridized carbons (Fsp3) is 0.333. The average molecular weight is 313 g/mol. The molecule has 0 saturated carbocycles. The van der Waals surface area contributed by atoms with E-state index in [1.165, 1.54) is 20.0 Å². The van der Waals surface area contributed by atoms with Crippen LogP contribution in [0.5, 0.6) is 0 Å². The normalized spacial score (nSPS) is 12.0. The summed E-state index contributed by atoms with van der Waals surface area (Å²) in [5, 5.41) is 6.50. The van der Waals surface area contributed by atoms with Crippen LogP contribution in [0.3, 0.4) is 0 Å². The van der Waals surface area contributed by atoms with Gasteiger partial charge in [0.2, 0.25) is 10.0 Å². The van der Waals surface area contributed by atoms with Gasteiger partial charge in [0.25, 0.3) is 0 Å². The topological polar surface area (TPSA) is 105 Å². The van der Waals surface area contributed by atoms with Gasteiger partial charge in [-0.05, 0) is 26.0 Å². The number of nitrogens with one attached hydrogen (secondary N) is 1. The third-order valence-corrected chi connectivity index (χ3v) is 4.85. The Morgan fingerprint density at radius 3 is 2.57 bits per heavy atom. The van der Waals surface area contributed by atoms with E-state index in [2.05, 4.69) is 15.2 Å². The van der Waals surface area contributed by atoms with Crippen LogP contribution in [-0.4, -0.2) is 35.0 Å². The molecule has 0 spiro atoms. The van der Waals surface area contributed by atoms with Crippen LogP contribution in [-0.2, 0) is 16.6 Å². The Kier molecular flexibility index (Phi) is 3.97. The molecule has 1 heterocycles. The zero-order chi connectivity index (χ0) is 15.8. The van der Waals surface area contributed by atoms with Gasteiger partial charge in [-0.25, -0.2) is 17.8 Å². The fourth-order valence-corrected chi connectivity index (χ4v) is 2.92. The highest BCUT2D eigenvalue weighted by Gasteiger charge is 2.24. The van der Waals surface area contributed by atoms with Crippen molar-refractivity contribution in [3.05, 3.63) is 35.2 Å². The number of rotatable bonds is 4. The van der Waals surface area contributed by atoms with Crippen LogP contribution in [0.2, 0.25) is 0 Å². The van der Waals surface area contributed by atoms with Crippen molar-refractivity contribution in [3.63, 3.8) is 0 Å². The van der Waals surface area contributed by atoms with Crippen molar-refractivity contribution in [3.8, 4) is 0 Å². The van der Waals surface area contributed by atoms with E-state index in [9.17, 15) is 12.8 Å². The molecular weight excluding hydrogens is 297 g/mol. The largest absolute Gasteiger partial charge is 0.398 e. The molecule has 0 aliphatic carbocycles. The first kappa shape index (κ1) is 15.4.